The zero-order valence-corrected chi connectivity index (χ0v) is 13.6. The molecule has 1 fully saturated rings. The first kappa shape index (κ1) is 17.4. The highest BCUT2D eigenvalue weighted by Crippen LogP contribution is 2.23. The van der Waals surface area contributed by atoms with Crippen LogP contribution in [0.2, 0.25) is 0 Å². The van der Waals surface area contributed by atoms with Crippen molar-refractivity contribution in [3.8, 4) is 0 Å². The van der Waals surface area contributed by atoms with E-state index in [2.05, 4.69) is 15.9 Å². The van der Waals surface area contributed by atoms with E-state index in [0.717, 1.165) is 32.2 Å². The van der Waals surface area contributed by atoms with E-state index in [4.69, 9.17) is 5.73 Å². The van der Waals surface area contributed by atoms with Crippen LogP contribution in [0.25, 0.3) is 0 Å². The van der Waals surface area contributed by atoms with Crippen LogP contribution in [0.3, 0.4) is 0 Å². The minimum absolute atomic E-state index is 0. The number of halogens is 3. The number of benzene rings is 1. The van der Waals surface area contributed by atoms with Gasteiger partial charge in [0, 0.05) is 18.2 Å². The van der Waals surface area contributed by atoms with E-state index in [-0.39, 0.29) is 30.2 Å². The Balaban J connectivity index is 0.00000200. The van der Waals surface area contributed by atoms with E-state index < -0.39 is 0 Å². The van der Waals surface area contributed by atoms with E-state index >= 15 is 0 Å². The van der Waals surface area contributed by atoms with Gasteiger partial charge in [-0.3, -0.25) is 4.79 Å². The molecule has 1 unspecified atom stereocenters. The Morgan fingerprint density at radius 2 is 2.20 bits per heavy atom. The molecule has 20 heavy (non-hydrogen) atoms. The van der Waals surface area contributed by atoms with Crippen molar-refractivity contribution in [1.29, 1.82) is 0 Å². The molecule has 1 saturated heterocycles. The lowest BCUT2D eigenvalue weighted by Gasteiger charge is -2.35. The molecule has 0 saturated carbocycles. The van der Waals surface area contributed by atoms with Crippen LogP contribution in [0.1, 0.15) is 36.0 Å². The SMILES string of the molecule is Cl.NCCC1CCCCN1C(=O)c1ccc(F)c(Br)c1. The van der Waals surface area contributed by atoms with Gasteiger partial charge in [0.15, 0.2) is 0 Å². The van der Waals surface area contributed by atoms with Gasteiger partial charge in [0.1, 0.15) is 5.82 Å². The van der Waals surface area contributed by atoms with Gasteiger partial charge in [0.2, 0.25) is 0 Å². The van der Waals surface area contributed by atoms with Crippen molar-refractivity contribution >= 4 is 34.2 Å². The zero-order chi connectivity index (χ0) is 13.8. The van der Waals surface area contributed by atoms with Gasteiger partial charge < -0.3 is 10.6 Å². The van der Waals surface area contributed by atoms with Crippen LogP contribution in [0.15, 0.2) is 22.7 Å². The Morgan fingerprint density at radius 1 is 1.45 bits per heavy atom. The van der Waals surface area contributed by atoms with Gasteiger partial charge in [-0.25, -0.2) is 4.39 Å². The van der Waals surface area contributed by atoms with Gasteiger partial charge in [0.25, 0.3) is 5.91 Å². The minimum Gasteiger partial charge on any atom is -0.336 e. The molecule has 1 aromatic rings. The summed E-state index contributed by atoms with van der Waals surface area (Å²) in [7, 11) is 0. The minimum atomic E-state index is -0.353. The van der Waals surface area contributed by atoms with Gasteiger partial charge in [0.05, 0.1) is 4.47 Å². The molecule has 0 bridgehead atoms. The van der Waals surface area contributed by atoms with Crippen LogP contribution in [0.4, 0.5) is 4.39 Å². The average Bonchev–Trinajstić information content (AvgIpc) is 2.42. The number of carbonyl (C=O) groups excluding carboxylic acids is 1. The third-order valence-electron chi connectivity index (χ3n) is 3.55. The quantitative estimate of drug-likeness (QED) is 0.893. The van der Waals surface area contributed by atoms with Crippen molar-refractivity contribution in [2.75, 3.05) is 13.1 Å². The smallest absolute Gasteiger partial charge is 0.254 e. The van der Waals surface area contributed by atoms with E-state index in [0.29, 0.717) is 16.6 Å². The summed E-state index contributed by atoms with van der Waals surface area (Å²) in [6.45, 7) is 1.35. The van der Waals surface area contributed by atoms with Gasteiger partial charge in [-0.1, -0.05) is 0 Å². The lowest BCUT2D eigenvalue weighted by atomic mass is 9.98. The molecule has 3 nitrogen and oxygen atoms in total. The molecule has 6 heteroatoms. The molecule has 1 amide bonds. The molecule has 0 spiro atoms. The van der Waals surface area contributed by atoms with Crippen LogP contribution in [0, 0.1) is 5.82 Å². The number of nitrogens with two attached hydrogens (primary N) is 1. The first-order valence-corrected chi connectivity index (χ1v) is 7.39. The second kappa shape index (κ2) is 7.96. The van der Waals surface area contributed by atoms with Crippen molar-refractivity contribution in [3.05, 3.63) is 34.1 Å². The Kier molecular flexibility index (Phi) is 6.92. The third kappa shape index (κ3) is 3.93. The lowest BCUT2D eigenvalue weighted by molar-refractivity contribution is 0.0605. The molecule has 1 aliphatic heterocycles. The Morgan fingerprint density at radius 3 is 2.85 bits per heavy atom. The van der Waals surface area contributed by atoms with Crippen LogP contribution in [-0.2, 0) is 0 Å². The van der Waals surface area contributed by atoms with Crippen molar-refractivity contribution in [1.82, 2.24) is 4.90 Å². The van der Waals surface area contributed by atoms with Gasteiger partial charge in [-0.2, -0.15) is 0 Å². The molecule has 112 valence electrons. The highest BCUT2D eigenvalue weighted by Gasteiger charge is 2.27. The molecule has 0 aliphatic carbocycles. The monoisotopic (exact) mass is 364 g/mol. The molecule has 0 radical (unpaired) electrons. The van der Waals surface area contributed by atoms with Crippen LogP contribution < -0.4 is 5.73 Å². The van der Waals surface area contributed by atoms with E-state index in [1.807, 2.05) is 4.90 Å². The molecule has 1 aromatic carbocycles. The van der Waals surface area contributed by atoms with Gasteiger partial charge >= 0.3 is 0 Å². The lowest BCUT2D eigenvalue weighted by Crippen LogP contribution is -2.44. The van der Waals surface area contributed by atoms with Crippen molar-refractivity contribution in [3.63, 3.8) is 0 Å². The third-order valence-corrected chi connectivity index (χ3v) is 4.16. The zero-order valence-electron chi connectivity index (χ0n) is 11.1. The molecule has 1 heterocycles. The molecule has 2 N–H and O–H groups in total. The fourth-order valence-electron chi connectivity index (χ4n) is 2.56. The number of carbonyl (C=O) groups is 1. The van der Waals surface area contributed by atoms with E-state index in [1.54, 1.807) is 6.07 Å². The largest absolute Gasteiger partial charge is 0.336 e. The number of amides is 1. The summed E-state index contributed by atoms with van der Waals surface area (Å²) >= 11 is 3.12. The number of piperidine rings is 1. The number of rotatable bonds is 3. The summed E-state index contributed by atoms with van der Waals surface area (Å²) in [6, 6.07) is 4.62. The topological polar surface area (TPSA) is 46.3 Å². The Hall–Kier alpha value is -0.650. The first-order valence-electron chi connectivity index (χ1n) is 6.59. The summed E-state index contributed by atoms with van der Waals surface area (Å²) < 4.78 is 13.5. The molecule has 1 atom stereocenters. The molecule has 1 aliphatic rings. The predicted molar refractivity (Wildman–Crippen MR) is 83.7 cm³/mol. The van der Waals surface area contributed by atoms with Crippen molar-refractivity contribution < 1.29 is 9.18 Å². The highest BCUT2D eigenvalue weighted by atomic mass is 79.9. The number of likely N-dealkylation sites (tertiary alicyclic amines) is 1. The molecule has 0 aromatic heterocycles. The second-order valence-electron chi connectivity index (χ2n) is 4.85. The summed E-state index contributed by atoms with van der Waals surface area (Å²) in [5, 5.41) is 0. The maximum absolute atomic E-state index is 13.2. The number of hydrogen-bond acceptors (Lipinski definition) is 2. The summed E-state index contributed by atoms with van der Waals surface area (Å²) in [5.41, 5.74) is 6.13. The van der Waals surface area contributed by atoms with Crippen LogP contribution in [0.5, 0.6) is 0 Å². The maximum atomic E-state index is 13.2. The first-order chi connectivity index (χ1) is 9.13. The van der Waals surface area contributed by atoms with Crippen molar-refractivity contribution in [2.45, 2.75) is 31.7 Å². The summed E-state index contributed by atoms with van der Waals surface area (Å²) in [6.07, 6.45) is 4.00. The van der Waals surface area contributed by atoms with Crippen LogP contribution >= 0.6 is 28.3 Å². The molecular formula is C14H19BrClFN2O. The van der Waals surface area contributed by atoms with E-state index in [9.17, 15) is 9.18 Å². The van der Waals surface area contributed by atoms with Crippen molar-refractivity contribution in [2.24, 2.45) is 5.73 Å². The summed E-state index contributed by atoms with van der Waals surface area (Å²) in [4.78, 5) is 14.4. The Bertz CT molecular complexity index is 470. The van der Waals surface area contributed by atoms with Gasteiger partial charge in [-0.15, -0.1) is 12.4 Å². The van der Waals surface area contributed by atoms with Gasteiger partial charge in [-0.05, 0) is 66.4 Å². The summed E-state index contributed by atoms with van der Waals surface area (Å²) in [5.74, 6) is -0.382. The standard InChI is InChI=1S/C14H18BrFN2O.ClH/c15-12-9-10(4-5-13(12)16)14(19)18-8-2-1-3-11(18)6-7-17;/h4-5,9,11H,1-3,6-8,17H2;1H. The Labute approximate surface area is 133 Å². The predicted octanol–water partition coefficient (Wildman–Crippen LogP) is 3.35. The average molecular weight is 366 g/mol. The second-order valence-corrected chi connectivity index (χ2v) is 5.71. The normalized spacial score (nSPS) is 18.6. The molecule has 2 rings (SSSR count). The fraction of sp³-hybridized carbons (Fsp3) is 0.500. The highest BCUT2D eigenvalue weighted by molar-refractivity contribution is 9.10. The maximum Gasteiger partial charge on any atom is 0.254 e. The number of hydrogen-bond donors (Lipinski definition) is 1. The molecular weight excluding hydrogens is 347 g/mol. The fourth-order valence-corrected chi connectivity index (χ4v) is 2.93. The van der Waals surface area contributed by atoms with Crippen LogP contribution in [-0.4, -0.2) is 29.9 Å². The number of nitrogens with zero attached hydrogens (tertiary/aromatic N) is 1. The van der Waals surface area contributed by atoms with E-state index in [1.165, 1.54) is 12.1 Å².